The smallest absolute Gasteiger partial charge is 0.195 e. The first-order chi connectivity index (χ1) is 23.1. The lowest BCUT2D eigenvalue weighted by Gasteiger charge is -2.20. The molecule has 1 saturated heterocycles. The summed E-state index contributed by atoms with van der Waals surface area (Å²) < 4.78 is 19.0. The van der Waals surface area contributed by atoms with Crippen LogP contribution in [0.25, 0.3) is 20.5 Å². The summed E-state index contributed by atoms with van der Waals surface area (Å²) in [5.41, 5.74) is 4.47. The lowest BCUT2D eigenvalue weighted by atomic mass is 9.96. The van der Waals surface area contributed by atoms with Crippen molar-refractivity contribution in [2.24, 2.45) is 0 Å². The molecule has 1 aromatic heterocycles. The third-order valence-electron chi connectivity index (χ3n) is 8.97. The molecule has 0 saturated carbocycles. The largest absolute Gasteiger partial charge is 0.496 e. The van der Waals surface area contributed by atoms with Crippen molar-refractivity contribution in [1.29, 1.82) is 0 Å². The molecule has 5 aromatic rings. The summed E-state index contributed by atoms with van der Waals surface area (Å²) in [7, 11) is 1.67. The molecule has 0 atom stereocenters. The maximum Gasteiger partial charge on any atom is 0.195 e. The van der Waals surface area contributed by atoms with Crippen molar-refractivity contribution in [3.05, 3.63) is 113 Å². The maximum absolute atomic E-state index is 14.4. The highest BCUT2D eigenvalue weighted by molar-refractivity contribution is 7.22. The van der Waals surface area contributed by atoms with Crippen LogP contribution in [0, 0.1) is 0 Å². The first-order valence-corrected chi connectivity index (χ1v) is 17.5. The van der Waals surface area contributed by atoms with Gasteiger partial charge in [0.2, 0.25) is 0 Å². The van der Waals surface area contributed by atoms with E-state index in [9.17, 15) is 4.79 Å². The molecule has 7 heteroatoms. The molecule has 0 N–H and O–H groups in total. The van der Waals surface area contributed by atoms with E-state index in [1.807, 2.05) is 66.7 Å². The van der Waals surface area contributed by atoms with E-state index in [1.165, 1.54) is 12.8 Å². The number of likely N-dealkylation sites (tertiary alicyclic amines) is 1. The average Bonchev–Trinajstić information content (AvgIpc) is 3.78. The zero-order chi connectivity index (χ0) is 32.6. The van der Waals surface area contributed by atoms with Gasteiger partial charge in [0.1, 0.15) is 30.5 Å². The molecule has 0 bridgehead atoms. The molecular weight excluding hydrogens is 605 g/mol. The van der Waals surface area contributed by atoms with E-state index in [0.29, 0.717) is 24.3 Å². The lowest BCUT2D eigenvalue weighted by molar-refractivity contribution is 0.104. The molecule has 0 spiro atoms. The van der Waals surface area contributed by atoms with Crippen LogP contribution in [0.15, 0.2) is 91.0 Å². The first-order valence-electron chi connectivity index (χ1n) is 16.7. The number of benzene rings is 4. The summed E-state index contributed by atoms with van der Waals surface area (Å²) in [6.07, 6.45) is 2.55. The van der Waals surface area contributed by atoms with Crippen molar-refractivity contribution in [1.82, 2.24) is 9.80 Å². The van der Waals surface area contributed by atoms with Crippen molar-refractivity contribution in [2.75, 3.05) is 46.4 Å². The molecular formula is C40H44N2O4S. The van der Waals surface area contributed by atoms with Gasteiger partial charge >= 0.3 is 0 Å². The SMILES string of the molecule is CCN(CC)Cc1ccc(C(=O)c2c(-c3ccc(OCCN4CCCC4)cc3)sc3cc(OCc4ccccc4)ccc23)cc1OC. The number of hydrogen-bond donors (Lipinski definition) is 0. The van der Waals surface area contributed by atoms with Crippen LogP contribution in [0.3, 0.4) is 0 Å². The predicted octanol–water partition coefficient (Wildman–Crippen LogP) is 8.70. The van der Waals surface area contributed by atoms with Crippen LogP contribution in [0.5, 0.6) is 17.2 Å². The second-order valence-electron chi connectivity index (χ2n) is 12.0. The van der Waals surface area contributed by atoms with Gasteiger partial charge < -0.3 is 14.2 Å². The van der Waals surface area contributed by atoms with Crippen LogP contribution in [-0.4, -0.2) is 62.0 Å². The average molecular weight is 649 g/mol. The van der Waals surface area contributed by atoms with E-state index < -0.39 is 0 Å². The number of carbonyl (C=O) groups excluding carboxylic acids is 1. The highest BCUT2D eigenvalue weighted by Crippen LogP contribution is 2.42. The molecule has 6 rings (SSSR count). The number of hydrogen-bond acceptors (Lipinski definition) is 7. The standard InChI is InChI=1S/C40H44N2O4S/c1-4-41(5-2)27-32-14-13-31(25-36(32)44-3)39(43)38-35-20-19-34(46-28-29-11-7-6-8-12-29)26-37(35)47-40(38)30-15-17-33(18-16-30)45-24-23-42-21-9-10-22-42/h6-8,11-20,25-26H,4-5,9-10,21-24,27-28H2,1-3H3. The third kappa shape index (κ3) is 7.87. The molecule has 47 heavy (non-hydrogen) atoms. The van der Waals surface area contributed by atoms with Crippen LogP contribution in [-0.2, 0) is 13.2 Å². The summed E-state index contributed by atoms with van der Waals surface area (Å²) in [6, 6.07) is 30.2. The van der Waals surface area contributed by atoms with Crippen molar-refractivity contribution < 1.29 is 19.0 Å². The number of thiophene rings is 1. The van der Waals surface area contributed by atoms with Crippen LogP contribution in [0.2, 0.25) is 0 Å². The Morgan fingerprint density at radius 3 is 2.32 bits per heavy atom. The molecule has 244 valence electrons. The van der Waals surface area contributed by atoms with Crippen LogP contribution in [0.1, 0.15) is 53.7 Å². The van der Waals surface area contributed by atoms with Gasteiger partial charge in [-0.2, -0.15) is 0 Å². The number of fused-ring (bicyclic) bond motifs is 1. The second kappa shape index (κ2) is 15.6. The van der Waals surface area contributed by atoms with Crippen molar-refractivity contribution in [3.63, 3.8) is 0 Å². The lowest BCUT2D eigenvalue weighted by Crippen LogP contribution is -2.25. The van der Waals surface area contributed by atoms with E-state index >= 15 is 0 Å². The van der Waals surface area contributed by atoms with Gasteiger partial charge in [0.25, 0.3) is 0 Å². The predicted molar refractivity (Wildman–Crippen MR) is 192 cm³/mol. The van der Waals surface area contributed by atoms with E-state index in [4.69, 9.17) is 14.2 Å². The third-order valence-corrected chi connectivity index (χ3v) is 10.2. The number of ketones is 1. The Hall–Kier alpha value is -4.17. The number of methoxy groups -OCH3 is 1. The fraction of sp³-hybridized carbons (Fsp3) is 0.325. The molecule has 0 unspecified atom stereocenters. The zero-order valence-electron chi connectivity index (χ0n) is 27.7. The molecule has 0 amide bonds. The van der Waals surface area contributed by atoms with Crippen molar-refractivity contribution in [2.45, 2.75) is 39.8 Å². The van der Waals surface area contributed by atoms with E-state index in [-0.39, 0.29) is 5.78 Å². The Balaban J connectivity index is 1.31. The fourth-order valence-corrected chi connectivity index (χ4v) is 7.42. The summed E-state index contributed by atoms with van der Waals surface area (Å²) in [5, 5.41) is 0.916. The summed E-state index contributed by atoms with van der Waals surface area (Å²) in [4.78, 5) is 20.2. The normalized spacial score (nSPS) is 13.4. The van der Waals surface area contributed by atoms with Gasteiger partial charge in [0, 0.05) is 44.7 Å². The Bertz CT molecular complexity index is 1770. The minimum Gasteiger partial charge on any atom is -0.496 e. The van der Waals surface area contributed by atoms with Crippen LogP contribution < -0.4 is 14.2 Å². The van der Waals surface area contributed by atoms with E-state index in [2.05, 4.69) is 47.9 Å². The van der Waals surface area contributed by atoms with Gasteiger partial charge in [-0.15, -0.1) is 11.3 Å². The van der Waals surface area contributed by atoms with E-state index in [1.54, 1.807) is 18.4 Å². The summed E-state index contributed by atoms with van der Waals surface area (Å²) >= 11 is 1.62. The zero-order valence-corrected chi connectivity index (χ0v) is 28.5. The maximum atomic E-state index is 14.4. The molecule has 1 aliphatic heterocycles. The number of nitrogens with zero attached hydrogens (tertiary/aromatic N) is 2. The topological polar surface area (TPSA) is 51.2 Å². The van der Waals surface area contributed by atoms with Gasteiger partial charge in [0.15, 0.2) is 5.78 Å². The Morgan fingerprint density at radius 1 is 0.851 bits per heavy atom. The van der Waals surface area contributed by atoms with Crippen molar-refractivity contribution in [3.8, 4) is 27.7 Å². The molecule has 0 aliphatic carbocycles. The molecule has 0 radical (unpaired) electrons. The Kier molecular flexibility index (Phi) is 10.9. The molecule has 6 nitrogen and oxygen atoms in total. The quantitative estimate of drug-likeness (QED) is 0.106. The van der Waals surface area contributed by atoms with Gasteiger partial charge in [0.05, 0.1) is 7.11 Å². The monoisotopic (exact) mass is 648 g/mol. The van der Waals surface area contributed by atoms with Gasteiger partial charge in [-0.3, -0.25) is 14.6 Å². The number of carbonyl (C=O) groups is 1. The second-order valence-corrected chi connectivity index (χ2v) is 13.0. The number of rotatable bonds is 15. The summed E-state index contributed by atoms with van der Waals surface area (Å²) in [5.74, 6) is 2.32. The van der Waals surface area contributed by atoms with E-state index in [0.717, 1.165) is 88.2 Å². The highest BCUT2D eigenvalue weighted by Gasteiger charge is 2.23. The minimum atomic E-state index is -0.0252. The van der Waals surface area contributed by atoms with Gasteiger partial charge in [-0.25, -0.2) is 0 Å². The number of ether oxygens (including phenoxy) is 3. The van der Waals surface area contributed by atoms with Gasteiger partial charge in [-0.1, -0.05) is 56.3 Å². The Morgan fingerprint density at radius 2 is 1.60 bits per heavy atom. The summed E-state index contributed by atoms with van der Waals surface area (Å²) in [6.45, 7) is 11.4. The molecule has 1 fully saturated rings. The van der Waals surface area contributed by atoms with Crippen molar-refractivity contribution >= 4 is 27.2 Å². The molecule has 2 heterocycles. The highest BCUT2D eigenvalue weighted by atomic mass is 32.1. The van der Waals surface area contributed by atoms with Crippen LogP contribution >= 0.6 is 11.3 Å². The molecule has 4 aromatic carbocycles. The van der Waals surface area contributed by atoms with Gasteiger partial charge in [-0.05, 0) is 98.7 Å². The van der Waals surface area contributed by atoms with Crippen LogP contribution in [0.4, 0.5) is 0 Å². The fourth-order valence-electron chi connectivity index (χ4n) is 6.19. The first kappa shape index (κ1) is 32.8. The molecule has 1 aliphatic rings. The Labute approximate surface area is 282 Å². The minimum absolute atomic E-state index is 0.0252.